The number of nitrogens with one attached hydrogen (secondary N) is 2. The molecule has 1 heterocycles. The van der Waals surface area contributed by atoms with Crippen LogP contribution in [-0.4, -0.2) is 36.9 Å². The van der Waals surface area contributed by atoms with Gasteiger partial charge in [0.05, 0.1) is 9.82 Å². The first-order valence-electron chi connectivity index (χ1n) is 5.56. The molecule has 108 valence electrons. The molecule has 1 aromatic carbocycles. The molecule has 1 amide bonds. The Hall–Kier alpha value is -2.20. The molecule has 0 radical (unpaired) electrons. The van der Waals surface area contributed by atoms with Crippen molar-refractivity contribution in [3.8, 4) is 5.75 Å². The number of phenols is 1. The second kappa shape index (κ2) is 5.06. The zero-order valence-corrected chi connectivity index (χ0v) is 10.9. The number of benzene rings is 1. The van der Waals surface area contributed by atoms with Crippen LogP contribution in [0, 0.1) is 10.1 Å². The smallest absolute Gasteiger partial charge is 0.312 e. The van der Waals surface area contributed by atoms with Crippen molar-refractivity contribution in [2.75, 3.05) is 6.54 Å². The molecule has 1 aromatic rings. The fraction of sp³-hybridized carbons (Fsp3) is 0.300. The summed E-state index contributed by atoms with van der Waals surface area (Å²) in [4.78, 5) is 20.4. The SMILES string of the molecule is O=C1CC(NS(=O)(=O)c2ccc(O)c([N+](=O)[O-])c2)CN1. The first kappa shape index (κ1) is 14.2. The topological polar surface area (TPSA) is 139 Å². The quantitative estimate of drug-likeness (QED) is 0.504. The predicted molar refractivity (Wildman–Crippen MR) is 66.5 cm³/mol. The van der Waals surface area contributed by atoms with E-state index in [0.717, 1.165) is 18.2 Å². The lowest BCUT2D eigenvalue weighted by molar-refractivity contribution is -0.386. The fourth-order valence-corrected chi connectivity index (χ4v) is 3.05. The molecule has 0 bridgehead atoms. The maximum Gasteiger partial charge on any atom is 0.312 e. The third-order valence-corrected chi connectivity index (χ3v) is 4.27. The van der Waals surface area contributed by atoms with E-state index in [1.54, 1.807) is 0 Å². The molecule has 0 spiro atoms. The van der Waals surface area contributed by atoms with Crippen molar-refractivity contribution in [1.82, 2.24) is 10.0 Å². The number of carbonyl (C=O) groups is 1. The molecule has 20 heavy (non-hydrogen) atoms. The Morgan fingerprint density at radius 1 is 1.45 bits per heavy atom. The molecule has 0 saturated carbocycles. The summed E-state index contributed by atoms with van der Waals surface area (Å²) in [5.41, 5.74) is -0.700. The van der Waals surface area contributed by atoms with Gasteiger partial charge in [0.25, 0.3) is 0 Å². The number of nitro benzene ring substituents is 1. The molecule has 9 nitrogen and oxygen atoms in total. The zero-order valence-electron chi connectivity index (χ0n) is 10.1. The van der Waals surface area contributed by atoms with Crippen molar-refractivity contribution in [2.24, 2.45) is 0 Å². The maximum absolute atomic E-state index is 12.0. The van der Waals surface area contributed by atoms with Gasteiger partial charge in [-0.15, -0.1) is 0 Å². The minimum Gasteiger partial charge on any atom is -0.502 e. The molecule has 2 rings (SSSR count). The molecule has 0 aliphatic carbocycles. The van der Waals surface area contributed by atoms with Crippen LogP contribution >= 0.6 is 0 Å². The van der Waals surface area contributed by atoms with E-state index in [1.807, 2.05) is 0 Å². The summed E-state index contributed by atoms with van der Waals surface area (Å²) in [6.07, 6.45) is 0.0133. The van der Waals surface area contributed by atoms with E-state index in [-0.39, 0.29) is 23.8 Å². The summed E-state index contributed by atoms with van der Waals surface area (Å²) >= 11 is 0. The summed E-state index contributed by atoms with van der Waals surface area (Å²) < 4.78 is 26.3. The Bertz CT molecular complexity index is 672. The summed E-state index contributed by atoms with van der Waals surface area (Å²) in [6, 6.07) is 2.15. The number of phenolic OH excluding ortho intramolecular Hbond substituents is 1. The van der Waals surface area contributed by atoms with E-state index in [9.17, 15) is 28.4 Å². The summed E-state index contributed by atoms with van der Waals surface area (Å²) in [5, 5.41) is 22.4. The lowest BCUT2D eigenvalue weighted by Gasteiger charge is -2.11. The van der Waals surface area contributed by atoms with E-state index >= 15 is 0 Å². The Balaban J connectivity index is 2.27. The summed E-state index contributed by atoms with van der Waals surface area (Å²) in [5.74, 6) is -0.888. The molecule has 0 aromatic heterocycles. The molecular formula is C10H11N3O6S. The van der Waals surface area contributed by atoms with Crippen molar-refractivity contribution >= 4 is 21.6 Å². The lowest BCUT2D eigenvalue weighted by Crippen LogP contribution is -2.36. The van der Waals surface area contributed by atoms with Gasteiger partial charge in [0.15, 0.2) is 5.75 Å². The lowest BCUT2D eigenvalue weighted by atomic mass is 10.3. The summed E-state index contributed by atoms with van der Waals surface area (Å²) in [6.45, 7) is 0.165. The Labute approximate surface area is 113 Å². The third-order valence-electron chi connectivity index (χ3n) is 2.75. The van der Waals surface area contributed by atoms with Gasteiger partial charge in [0.1, 0.15) is 0 Å². The predicted octanol–water partition coefficient (Wildman–Crippen LogP) is -0.533. The van der Waals surface area contributed by atoms with Gasteiger partial charge >= 0.3 is 5.69 Å². The van der Waals surface area contributed by atoms with Crippen LogP contribution in [0.4, 0.5) is 5.69 Å². The van der Waals surface area contributed by atoms with Crippen LogP contribution < -0.4 is 10.0 Å². The number of sulfonamides is 1. The van der Waals surface area contributed by atoms with Crippen LogP contribution in [0.1, 0.15) is 6.42 Å². The number of hydrogen-bond acceptors (Lipinski definition) is 6. The maximum atomic E-state index is 12.0. The van der Waals surface area contributed by atoms with Crippen molar-refractivity contribution in [3.63, 3.8) is 0 Å². The molecule has 1 unspecified atom stereocenters. The van der Waals surface area contributed by atoms with Crippen LogP contribution in [-0.2, 0) is 14.8 Å². The number of aromatic hydroxyl groups is 1. The van der Waals surface area contributed by atoms with Crippen LogP contribution in [0.15, 0.2) is 23.1 Å². The van der Waals surface area contributed by atoms with Crippen molar-refractivity contribution < 1.29 is 23.2 Å². The van der Waals surface area contributed by atoms with Crippen molar-refractivity contribution in [1.29, 1.82) is 0 Å². The first-order chi connectivity index (χ1) is 9.29. The van der Waals surface area contributed by atoms with E-state index in [4.69, 9.17) is 0 Å². The number of carbonyl (C=O) groups excluding carboxylic acids is 1. The second-order valence-corrected chi connectivity index (χ2v) is 5.95. The average Bonchev–Trinajstić information content (AvgIpc) is 2.73. The minimum atomic E-state index is -4.00. The van der Waals surface area contributed by atoms with Crippen molar-refractivity contribution in [2.45, 2.75) is 17.4 Å². The summed E-state index contributed by atoms with van der Waals surface area (Å²) in [7, 11) is -4.00. The Kier molecular flexibility index (Phi) is 3.59. The van der Waals surface area contributed by atoms with Crippen molar-refractivity contribution in [3.05, 3.63) is 28.3 Å². The van der Waals surface area contributed by atoms with E-state index < -0.39 is 32.4 Å². The van der Waals surface area contributed by atoms with Gasteiger partial charge in [-0.3, -0.25) is 14.9 Å². The molecule has 3 N–H and O–H groups in total. The largest absolute Gasteiger partial charge is 0.502 e. The van der Waals surface area contributed by atoms with Gasteiger partial charge in [-0.05, 0) is 12.1 Å². The number of amides is 1. The van der Waals surface area contributed by atoms with Crippen LogP contribution in [0.2, 0.25) is 0 Å². The molecule has 1 fully saturated rings. The number of nitro groups is 1. The first-order valence-corrected chi connectivity index (χ1v) is 7.04. The Morgan fingerprint density at radius 2 is 2.15 bits per heavy atom. The third kappa shape index (κ3) is 2.86. The highest BCUT2D eigenvalue weighted by atomic mass is 32.2. The molecule has 10 heteroatoms. The van der Waals surface area contributed by atoms with Crippen LogP contribution in [0.25, 0.3) is 0 Å². The van der Waals surface area contributed by atoms with Gasteiger partial charge in [-0.1, -0.05) is 0 Å². The van der Waals surface area contributed by atoms with Gasteiger partial charge in [-0.2, -0.15) is 0 Å². The van der Waals surface area contributed by atoms with Gasteiger partial charge in [0.2, 0.25) is 15.9 Å². The van der Waals surface area contributed by atoms with E-state index in [0.29, 0.717) is 0 Å². The van der Waals surface area contributed by atoms with Gasteiger partial charge < -0.3 is 10.4 Å². The van der Waals surface area contributed by atoms with E-state index in [1.165, 1.54) is 0 Å². The highest BCUT2D eigenvalue weighted by molar-refractivity contribution is 7.89. The van der Waals surface area contributed by atoms with Gasteiger partial charge in [-0.25, -0.2) is 13.1 Å². The van der Waals surface area contributed by atoms with Crippen LogP contribution in [0.5, 0.6) is 5.75 Å². The van der Waals surface area contributed by atoms with Gasteiger partial charge in [0, 0.05) is 25.1 Å². The average molecular weight is 301 g/mol. The fourth-order valence-electron chi connectivity index (χ4n) is 1.79. The number of rotatable bonds is 4. The molecular weight excluding hydrogens is 290 g/mol. The van der Waals surface area contributed by atoms with E-state index in [2.05, 4.69) is 10.0 Å². The monoisotopic (exact) mass is 301 g/mol. The number of hydrogen-bond donors (Lipinski definition) is 3. The normalized spacial score (nSPS) is 18.8. The molecule has 1 aliphatic rings. The standard InChI is InChI=1S/C10H11N3O6S/c14-9-2-1-7(4-8(9)13(16)17)20(18,19)12-6-3-10(15)11-5-6/h1-2,4,6,12,14H,3,5H2,(H,11,15). The van der Waals surface area contributed by atoms with Crippen LogP contribution in [0.3, 0.4) is 0 Å². The minimum absolute atomic E-state index is 0.0133. The highest BCUT2D eigenvalue weighted by Gasteiger charge is 2.28. The molecule has 1 aliphatic heterocycles. The second-order valence-electron chi connectivity index (χ2n) is 4.23. The zero-order chi connectivity index (χ0) is 14.9. The molecule has 1 atom stereocenters. The molecule has 1 saturated heterocycles. The Morgan fingerprint density at radius 3 is 2.70 bits per heavy atom. The highest BCUT2D eigenvalue weighted by Crippen LogP contribution is 2.28. The number of nitrogens with zero attached hydrogens (tertiary/aromatic N) is 1.